The normalized spacial score (nSPS) is 10.4. The molecule has 2 aromatic carbocycles. The molecule has 0 aliphatic rings. The first-order chi connectivity index (χ1) is 8.58. The second-order valence-electron chi connectivity index (χ2n) is 3.82. The Morgan fingerprint density at radius 2 is 1.83 bits per heavy atom. The van der Waals surface area contributed by atoms with Crippen molar-refractivity contribution < 1.29 is 9.18 Å². The number of ketones is 1. The van der Waals surface area contributed by atoms with Crippen LogP contribution in [0, 0.1) is 5.82 Å². The summed E-state index contributed by atoms with van der Waals surface area (Å²) in [5, 5.41) is 0. The van der Waals surface area contributed by atoms with Gasteiger partial charge in [0.15, 0.2) is 5.78 Å². The van der Waals surface area contributed by atoms with Crippen molar-refractivity contribution in [1.29, 1.82) is 0 Å². The van der Waals surface area contributed by atoms with E-state index in [-0.39, 0.29) is 18.0 Å². The average molecular weight is 372 g/mol. The summed E-state index contributed by atoms with van der Waals surface area (Å²) in [7, 11) is 0. The molecule has 0 saturated heterocycles. The Morgan fingerprint density at radius 3 is 2.50 bits per heavy atom. The van der Waals surface area contributed by atoms with Crippen molar-refractivity contribution in [3.8, 4) is 0 Å². The van der Waals surface area contributed by atoms with Gasteiger partial charge in [0.2, 0.25) is 0 Å². The summed E-state index contributed by atoms with van der Waals surface area (Å²) >= 11 is 6.66. The second-order valence-corrected chi connectivity index (χ2v) is 5.59. The number of carbonyl (C=O) groups excluding carboxylic acids is 1. The lowest BCUT2D eigenvalue weighted by atomic mass is 10.0. The van der Waals surface area contributed by atoms with Gasteiger partial charge in [-0.05, 0) is 29.8 Å². The molecule has 2 aromatic rings. The predicted octanol–water partition coefficient (Wildman–Crippen LogP) is 4.78. The fourth-order valence-corrected chi connectivity index (χ4v) is 2.89. The van der Waals surface area contributed by atoms with Gasteiger partial charge in [-0.1, -0.05) is 50.1 Å². The van der Waals surface area contributed by atoms with Crippen LogP contribution in [-0.4, -0.2) is 5.78 Å². The van der Waals surface area contributed by atoms with Gasteiger partial charge in [0.25, 0.3) is 0 Å². The van der Waals surface area contributed by atoms with Gasteiger partial charge in [-0.25, -0.2) is 4.39 Å². The van der Waals surface area contributed by atoms with E-state index in [1.165, 1.54) is 6.07 Å². The molecule has 4 heteroatoms. The number of hydrogen-bond donors (Lipinski definition) is 0. The molecular weight excluding hydrogens is 363 g/mol. The summed E-state index contributed by atoms with van der Waals surface area (Å²) in [6.07, 6.45) is 0.0624. The van der Waals surface area contributed by atoms with Gasteiger partial charge < -0.3 is 0 Å². The Labute approximate surface area is 121 Å². The lowest BCUT2D eigenvalue weighted by Crippen LogP contribution is -2.06. The largest absolute Gasteiger partial charge is 0.294 e. The predicted molar refractivity (Wildman–Crippen MR) is 76.3 cm³/mol. The monoisotopic (exact) mass is 370 g/mol. The Balaban J connectivity index is 2.25. The van der Waals surface area contributed by atoms with E-state index in [4.69, 9.17) is 0 Å². The van der Waals surface area contributed by atoms with Crippen molar-refractivity contribution in [3.05, 3.63) is 68.4 Å². The second kappa shape index (κ2) is 5.76. The Bertz CT molecular complexity index is 596. The molecule has 2 rings (SSSR count). The van der Waals surface area contributed by atoms with Gasteiger partial charge in [-0.15, -0.1) is 0 Å². The molecular formula is C14H9Br2FO. The van der Waals surface area contributed by atoms with E-state index in [9.17, 15) is 9.18 Å². The SMILES string of the molecule is O=C(Cc1ccccc1F)c1ccc(Br)cc1Br. The quantitative estimate of drug-likeness (QED) is 0.710. The number of halogens is 3. The molecule has 0 unspecified atom stereocenters. The molecule has 18 heavy (non-hydrogen) atoms. The number of Topliss-reactive ketones (excluding diaryl/α,β-unsaturated/α-hetero) is 1. The van der Waals surface area contributed by atoms with Crippen LogP contribution in [-0.2, 0) is 6.42 Å². The minimum atomic E-state index is -0.348. The third-order valence-electron chi connectivity index (χ3n) is 2.54. The molecule has 0 atom stereocenters. The summed E-state index contributed by atoms with van der Waals surface area (Å²) in [4.78, 5) is 12.1. The van der Waals surface area contributed by atoms with Crippen molar-refractivity contribution in [2.75, 3.05) is 0 Å². The van der Waals surface area contributed by atoms with Crippen molar-refractivity contribution in [1.82, 2.24) is 0 Å². The average Bonchev–Trinajstić information content (AvgIpc) is 2.32. The number of benzene rings is 2. The van der Waals surface area contributed by atoms with E-state index in [0.717, 1.165) is 4.47 Å². The van der Waals surface area contributed by atoms with Crippen molar-refractivity contribution in [3.63, 3.8) is 0 Å². The minimum Gasteiger partial charge on any atom is -0.294 e. The van der Waals surface area contributed by atoms with Crippen LogP contribution in [0.3, 0.4) is 0 Å². The molecule has 0 aliphatic carbocycles. The van der Waals surface area contributed by atoms with E-state index in [1.54, 1.807) is 36.4 Å². The molecule has 0 saturated carbocycles. The summed E-state index contributed by atoms with van der Waals surface area (Å²) in [5.74, 6) is -0.460. The standard InChI is InChI=1S/C14H9Br2FO/c15-10-5-6-11(12(16)8-10)14(18)7-9-3-1-2-4-13(9)17/h1-6,8H,7H2. The van der Waals surface area contributed by atoms with Crippen LogP contribution >= 0.6 is 31.9 Å². The molecule has 92 valence electrons. The van der Waals surface area contributed by atoms with Crippen LogP contribution in [0.4, 0.5) is 4.39 Å². The zero-order valence-corrected chi connectivity index (χ0v) is 12.5. The van der Waals surface area contributed by atoms with Crippen LogP contribution in [0.2, 0.25) is 0 Å². The molecule has 0 spiro atoms. The molecule has 0 amide bonds. The first-order valence-electron chi connectivity index (χ1n) is 5.29. The third kappa shape index (κ3) is 3.06. The highest BCUT2D eigenvalue weighted by atomic mass is 79.9. The first-order valence-corrected chi connectivity index (χ1v) is 6.88. The minimum absolute atomic E-state index is 0.0624. The van der Waals surface area contributed by atoms with Crippen LogP contribution in [0.25, 0.3) is 0 Å². The maximum atomic E-state index is 13.5. The van der Waals surface area contributed by atoms with Crippen LogP contribution in [0.1, 0.15) is 15.9 Å². The van der Waals surface area contributed by atoms with E-state index in [2.05, 4.69) is 31.9 Å². The van der Waals surface area contributed by atoms with Crippen LogP contribution < -0.4 is 0 Å². The van der Waals surface area contributed by atoms with E-state index in [1.807, 2.05) is 0 Å². The van der Waals surface area contributed by atoms with Gasteiger partial charge in [-0.2, -0.15) is 0 Å². The molecule has 0 fully saturated rings. The van der Waals surface area contributed by atoms with Crippen LogP contribution in [0.15, 0.2) is 51.4 Å². The highest BCUT2D eigenvalue weighted by Gasteiger charge is 2.13. The Kier molecular flexibility index (Phi) is 4.30. The molecule has 0 bridgehead atoms. The van der Waals surface area contributed by atoms with Gasteiger partial charge in [-0.3, -0.25) is 4.79 Å². The number of rotatable bonds is 3. The molecule has 0 N–H and O–H groups in total. The maximum Gasteiger partial charge on any atom is 0.168 e. The Hall–Kier alpha value is -1.000. The zero-order valence-electron chi connectivity index (χ0n) is 9.29. The highest BCUT2D eigenvalue weighted by Crippen LogP contribution is 2.23. The fourth-order valence-electron chi connectivity index (χ4n) is 1.63. The molecule has 0 aliphatic heterocycles. The maximum absolute atomic E-state index is 13.5. The van der Waals surface area contributed by atoms with Crippen molar-refractivity contribution >= 4 is 37.6 Å². The van der Waals surface area contributed by atoms with Gasteiger partial charge in [0.05, 0.1) is 0 Å². The Morgan fingerprint density at radius 1 is 1.11 bits per heavy atom. The number of hydrogen-bond acceptors (Lipinski definition) is 1. The summed E-state index contributed by atoms with van der Waals surface area (Å²) in [5.41, 5.74) is 0.971. The van der Waals surface area contributed by atoms with Gasteiger partial charge in [0, 0.05) is 20.9 Å². The highest BCUT2D eigenvalue weighted by molar-refractivity contribution is 9.11. The molecule has 0 radical (unpaired) electrons. The topological polar surface area (TPSA) is 17.1 Å². The first kappa shape index (κ1) is 13.4. The molecule has 0 heterocycles. The van der Waals surface area contributed by atoms with Crippen molar-refractivity contribution in [2.45, 2.75) is 6.42 Å². The van der Waals surface area contributed by atoms with Crippen molar-refractivity contribution in [2.24, 2.45) is 0 Å². The molecule has 0 aromatic heterocycles. The zero-order chi connectivity index (χ0) is 13.1. The number of carbonyl (C=O) groups is 1. The smallest absolute Gasteiger partial charge is 0.168 e. The third-order valence-corrected chi connectivity index (χ3v) is 3.69. The lowest BCUT2D eigenvalue weighted by molar-refractivity contribution is 0.0991. The van der Waals surface area contributed by atoms with E-state index in [0.29, 0.717) is 15.6 Å². The van der Waals surface area contributed by atoms with Gasteiger partial charge >= 0.3 is 0 Å². The van der Waals surface area contributed by atoms with E-state index >= 15 is 0 Å². The van der Waals surface area contributed by atoms with Gasteiger partial charge in [0.1, 0.15) is 5.82 Å². The van der Waals surface area contributed by atoms with Crippen LogP contribution in [0.5, 0.6) is 0 Å². The summed E-state index contributed by atoms with van der Waals surface area (Å²) in [6, 6.07) is 11.6. The lowest BCUT2D eigenvalue weighted by Gasteiger charge is -2.05. The summed E-state index contributed by atoms with van der Waals surface area (Å²) in [6.45, 7) is 0. The fraction of sp³-hybridized carbons (Fsp3) is 0.0714. The van der Waals surface area contributed by atoms with E-state index < -0.39 is 0 Å². The molecule has 1 nitrogen and oxygen atoms in total. The summed E-state index contributed by atoms with van der Waals surface area (Å²) < 4.78 is 15.1.